The average molecular weight is 341 g/mol. The van der Waals surface area contributed by atoms with Crippen LogP contribution in [-0.2, 0) is 9.59 Å². The molecular weight excluding hydrogens is 324 g/mol. The Morgan fingerprint density at radius 1 is 1.55 bits per heavy atom. The van der Waals surface area contributed by atoms with Crippen molar-refractivity contribution in [1.29, 1.82) is 0 Å². The summed E-state index contributed by atoms with van der Waals surface area (Å²) in [6.07, 6.45) is -0.253. The molecule has 1 aromatic carbocycles. The van der Waals surface area contributed by atoms with Crippen LogP contribution in [0.1, 0.15) is 13.3 Å². The van der Waals surface area contributed by atoms with Crippen molar-refractivity contribution >= 4 is 27.7 Å². The standard InChI is InChI=1S/C14H17BrN2O3/c1-9(20-12-5-3-4-10(15)6-12)14(19)16-11-7-13(18)17(2)8-11/h3-6,9,11H,7-8H2,1-2H3,(H,16,19). The summed E-state index contributed by atoms with van der Waals surface area (Å²) >= 11 is 3.35. The van der Waals surface area contributed by atoms with Gasteiger partial charge in [-0.15, -0.1) is 0 Å². The number of carbonyl (C=O) groups is 2. The number of nitrogens with one attached hydrogen (secondary N) is 1. The number of carbonyl (C=O) groups excluding carboxylic acids is 2. The van der Waals surface area contributed by atoms with Gasteiger partial charge in [0.25, 0.3) is 5.91 Å². The molecule has 0 radical (unpaired) electrons. The Balaban J connectivity index is 1.88. The molecule has 0 spiro atoms. The van der Waals surface area contributed by atoms with Gasteiger partial charge in [-0.2, -0.15) is 0 Å². The molecule has 2 rings (SSSR count). The summed E-state index contributed by atoms with van der Waals surface area (Å²) < 4.78 is 6.47. The first kappa shape index (κ1) is 14.8. The second-order valence-corrected chi connectivity index (χ2v) is 5.82. The van der Waals surface area contributed by atoms with Crippen LogP contribution < -0.4 is 10.1 Å². The fourth-order valence-corrected chi connectivity index (χ4v) is 2.45. The van der Waals surface area contributed by atoms with Crippen LogP contribution in [0.3, 0.4) is 0 Å². The SMILES string of the molecule is CC(Oc1cccc(Br)c1)C(=O)NC1CC(=O)N(C)C1. The summed E-state index contributed by atoms with van der Waals surface area (Å²) in [5.41, 5.74) is 0. The number of likely N-dealkylation sites (tertiary alicyclic amines) is 1. The van der Waals surface area contributed by atoms with Crippen molar-refractivity contribution in [2.24, 2.45) is 0 Å². The third-order valence-electron chi connectivity index (χ3n) is 3.17. The van der Waals surface area contributed by atoms with E-state index in [1.165, 1.54) is 0 Å². The largest absolute Gasteiger partial charge is 0.481 e. The first-order chi connectivity index (χ1) is 9.45. The van der Waals surface area contributed by atoms with E-state index in [2.05, 4.69) is 21.2 Å². The molecule has 1 saturated heterocycles. The van der Waals surface area contributed by atoms with E-state index in [4.69, 9.17) is 4.74 Å². The van der Waals surface area contributed by atoms with Gasteiger partial charge < -0.3 is 15.0 Å². The van der Waals surface area contributed by atoms with Gasteiger partial charge in [-0.1, -0.05) is 22.0 Å². The van der Waals surface area contributed by atoms with Crippen LogP contribution in [0.2, 0.25) is 0 Å². The van der Waals surface area contributed by atoms with Crippen molar-refractivity contribution in [3.63, 3.8) is 0 Å². The van der Waals surface area contributed by atoms with Gasteiger partial charge in [0.1, 0.15) is 5.75 Å². The minimum atomic E-state index is -0.606. The van der Waals surface area contributed by atoms with Crippen molar-refractivity contribution in [2.75, 3.05) is 13.6 Å². The molecule has 6 heteroatoms. The molecule has 108 valence electrons. The molecule has 0 saturated carbocycles. The summed E-state index contributed by atoms with van der Waals surface area (Å²) in [6.45, 7) is 2.24. The van der Waals surface area contributed by atoms with Crippen LogP contribution in [0.15, 0.2) is 28.7 Å². The summed E-state index contributed by atoms with van der Waals surface area (Å²) in [7, 11) is 1.73. The lowest BCUT2D eigenvalue weighted by Crippen LogP contribution is -2.43. The lowest BCUT2D eigenvalue weighted by Gasteiger charge is -2.18. The molecule has 1 aliphatic rings. The molecule has 5 nitrogen and oxygen atoms in total. The molecule has 1 fully saturated rings. The average Bonchev–Trinajstić information content (AvgIpc) is 2.68. The summed E-state index contributed by atoms with van der Waals surface area (Å²) in [4.78, 5) is 25.0. The maximum Gasteiger partial charge on any atom is 0.261 e. The lowest BCUT2D eigenvalue weighted by molar-refractivity contribution is -0.127. The quantitative estimate of drug-likeness (QED) is 0.904. The molecule has 1 aliphatic heterocycles. The van der Waals surface area contributed by atoms with Crippen LogP contribution in [0.5, 0.6) is 5.75 Å². The molecule has 1 heterocycles. The van der Waals surface area contributed by atoms with Crippen molar-refractivity contribution in [1.82, 2.24) is 10.2 Å². The smallest absolute Gasteiger partial charge is 0.261 e. The van der Waals surface area contributed by atoms with Crippen LogP contribution >= 0.6 is 15.9 Å². The molecule has 2 amide bonds. The molecular formula is C14H17BrN2O3. The van der Waals surface area contributed by atoms with E-state index in [0.29, 0.717) is 18.7 Å². The summed E-state index contributed by atoms with van der Waals surface area (Å²) in [6, 6.07) is 7.19. The number of amides is 2. The van der Waals surface area contributed by atoms with Gasteiger partial charge in [-0.25, -0.2) is 0 Å². The zero-order valence-electron chi connectivity index (χ0n) is 11.4. The number of hydrogen-bond acceptors (Lipinski definition) is 3. The number of halogens is 1. The molecule has 1 N–H and O–H groups in total. The highest BCUT2D eigenvalue weighted by atomic mass is 79.9. The lowest BCUT2D eigenvalue weighted by atomic mass is 10.2. The van der Waals surface area contributed by atoms with Crippen LogP contribution in [0, 0.1) is 0 Å². The third-order valence-corrected chi connectivity index (χ3v) is 3.66. The first-order valence-electron chi connectivity index (χ1n) is 6.42. The van der Waals surface area contributed by atoms with Gasteiger partial charge >= 0.3 is 0 Å². The van der Waals surface area contributed by atoms with Gasteiger partial charge in [0.2, 0.25) is 5.91 Å². The summed E-state index contributed by atoms with van der Waals surface area (Å²) in [5, 5.41) is 2.84. The second kappa shape index (κ2) is 6.26. The van der Waals surface area contributed by atoms with Gasteiger partial charge in [-0.05, 0) is 25.1 Å². The van der Waals surface area contributed by atoms with Crippen LogP contribution in [-0.4, -0.2) is 42.5 Å². The number of benzene rings is 1. The normalized spacial score (nSPS) is 19.9. The van der Waals surface area contributed by atoms with Gasteiger partial charge in [0.15, 0.2) is 6.10 Å². The molecule has 0 bridgehead atoms. The molecule has 2 unspecified atom stereocenters. The molecule has 0 aromatic heterocycles. The highest BCUT2D eigenvalue weighted by molar-refractivity contribution is 9.10. The predicted octanol–water partition coefficient (Wildman–Crippen LogP) is 1.56. The highest BCUT2D eigenvalue weighted by Crippen LogP contribution is 2.19. The van der Waals surface area contributed by atoms with Crippen LogP contribution in [0.4, 0.5) is 0 Å². The monoisotopic (exact) mass is 340 g/mol. The summed E-state index contributed by atoms with van der Waals surface area (Å²) in [5.74, 6) is 0.468. The van der Waals surface area contributed by atoms with E-state index in [-0.39, 0.29) is 17.9 Å². The minimum absolute atomic E-state index is 0.0517. The van der Waals surface area contributed by atoms with Gasteiger partial charge in [0, 0.05) is 24.5 Å². The second-order valence-electron chi connectivity index (χ2n) is 4.90. The van der Waals surface area contributed by atoms with Gasteiger partial charge in [-0.3, -0.25) is 9.59 Å². The van der Waals surface area contributed by atoms with E-state index < -0.39 is 6.10 Å². The fourth-order valence-electron chi connectivity index (χ4n) is 2.08. The maximum atomic E-state index is 12.0. The Kier molecular flexibility index (Phi) is 4.65. The van der Waals surface area contributed by atoms with E-state index in [1.807, 2.05) is 12.1 Å². The number of ether oxygens (including phenoxy) is 1. The number of likely N-dealkylation sites (N-methyl/N-ethyl adjacent to an activating group) is 1. The Morgan fingerprint density at radius 2 is 2.30 bits per heavy atom. The Morgan fingerprint density at radius 3 is 2.90 bits per heavy atom. The molecule has 2 atom stereocenters. The van der Waals surface area contributed by atoms with E-state index in [9.17, 15) is 9.59 Å². The zero-order chi connectivity index (χ0) is 14.7. The highest BCUT2D eigenvalue weighted by Gasteiger charge is 2.29. The molecule has 0 aliphatic carbocycles. The van der Waals surface area contributed by atoms with Crippen molar-refractivity contribution in [3.8, 4) is 5.75 Å². The van der Waals surface area contributed by atoms with E-state index in [1.54, 1.807) is 31.0 Å². The fraction of sp³-hybridized carbons (Fsp3) is 0.429. The maximum absolute atomic E-state index is 12.0. The molecule has 20 heavy (non-hydrogen) atoms. The van der Waals surface area contributed by atoms with Crippen LogP contribution in [0.25, 0.3) is 0 Å². The third kappa shape index (κ3) is 3.72. The Hall–Kier alpha value is -1.56. The number of rotatable bonds is 4. The Bertz CT molecular complexity index is 521. The van der Waals surface area contributed by atoms with Crippen molar-refractivity contribution in [3.05, 3.63) is 28.7 Å². The Labute approximate surface area is 126 Å². The van der Waals surface area contributed by atoms with Gasteiger partial charge in [0.05, 0.1) is 6.04 Å². The van der Waals surface area contributed by atoms with E-state index in [0.717, 1.165) is 4.47 Å². The first-order valence-corrected chi connectivity index (χ1v) is 7.21. The predicted molar refractivity (Wildman–Crippen MR) is 78.4 cm³/mol. The zero-order valence-corrected chi connectivity index (χ0v) is 13.0. The number of hydrogen-bond donors (Lipinski definition) is 1. The van der Waals surface area contributed by atoms with E-state index >= 15 is 0 Å². The topological polar surface area (TPSA) is 58.6 Å². The number of nitrogens with zero attached hydrogens (tertiary/aromatic N) is 1. The van der Waals surface area contributed by atoms with Crippen molar-refractivity contribution in [2.45, 2.75) is 25.5 Å². The minimum Gasteiger partial charge on any atom is -0.481 e. The molecule has 1 aromatic rings. The van der Waals surface area contributed by atoms with Crippen molar-refractivity contribution < 1.29 is 14.3 Å².